The summed E-state index contributed by atoms with van der Waals surface area (Å²) in [4.78, 5) is 11.8. The summed E-state index contributed by atoms with van der Waals surface area (Å²) in [7, 11) is 0. The van der Waals surface area contributed by atoms with Crippen LogP contribution in [-0.4, -0.2) is 39.1 Å². The predicted octanol–water partition coefficient (Wildman–Crippen LogP) is 5.38. The number of nitrogens with one attached hydrogen (secondary N) is 1. The Morgan fingerprint density at radius 3 is 2.41 bits per heavy atom. The van der Waals surface area contributed by atoms with Crippen molar-refractivity contribution < 1.29 is 31.1 Å². The maximum Gasteiger partial charge on any atom is 0.416 e. The van der Waals surface area contributed by atoms with E-state index in [0.29, 0.717) is 5.56 Å². The highest BCUT2D eigenvalue weighted by Gasteiger charge is 2.31. The molecule has 3 aromatic rings. The van der Waals surface area contributed by atoms with Gasteiger partial charge >= 0.3 is 12.4 Å². The number of halogens is 7. The number of amides is 1. The second-order valence-electron chi connectivity index (χ2n) is 6.35. The molecule has 5 nitrogen and oxygen atoms in total. The quantitative estimate of drug-likeness (QED) is 0.369. The van der Waals surface area contributed by atoms with Crippen molar-refractivity contribution in [3.05, 3.63) is 59.1 Å². The Labute approximate surface area is 186 Å². The molecule has 1 heterocycles. The van der Waals surface area contributed by atoms with Crippen LogP contribution >= 0.6 is 23.4 Å². The van der Waals surface area contributed by atoms with E-state index in [4.69, 9.17) is 11.6 Å². The number of carbonyl (C=O) groups is 1. The molecule has 0 fully saturated rings. The Kier molecular flexibility index (Phi) is 7.03. The Morgan fingerprint density at radius 1 is 1.03 bits per heavy atom. The minimum Gasteiger partial charge on any atom is -0.346 e. The average Bonchev–Trinajstić information content (AvgIpc) is 3.13. The zero-order chi connectivity index (χ0) is 23.5. The monoisotopic (exact) mass is 494 g/mol. The summed E-state index contributed by atoms with van der Waals surface area (Å²) in [6.07, 6.45) is -9.19. The highest BCUT2D eigenvalue weighted by molar-refractivity contribution is 7.99. The molecule has 1 amide bonds. The molecule has 0 bridgehead atoms. The summed E-state index contributed by atoms with van der Waals surface area (Å²) < 4.78 is 77.8. The molecular formula is C19H13ClF6N4OS. The summed E-state index contributed by atoms with van der Waals surface area (Å²) >= 11 is 6.93. The molecule has 13 heteroatoms. The second-order valence-corrected chi connectivity index (χ2v) is 7.70. The summed E-state index contributed by atoms with van der Waals surface area (Å²) in [6, 6.07) is 10.8. The lowest BCUT2D eigenvalue weighted by atomic mass is 10.1. The number of hydrogen-bond donors (Lipinski definition) is 1. The maximum atomic E-state index is 13.2. The standard InChI is InChI=1S/C19H13ClF6N4OS/c20-14-7-2-1-6-13(14)16-28-29-17(32-9-15(31)27-10-18(21,22)23)30(16)12-5-3-4-11(8-12)19(24,25)26/h1-8H,9-10H2,(H,27,31). The van der Waals surface area contributed by atoms with Crippen LogP contribution in [0.2, 0.25) is 5.02 Å². The van der Waals surface area contributed by atoms with Crippen molar-refractivity contribution >= 4 is 29.3 Å². The molecule has 2 aromatic carbocycles. The van der Waals surface area contributed by atoms with Crippen LogP contribution in [0.1, 0.15) is 5.56 Å². The highest BCUT2D eigenvalue weighted by atomic mass is 35.5. The zero-order valence-electron chi connectivity index (χ0n) is 15.8. The van der Waals surface area contributed by atoms with Gasteiger partial charge in [0.25, 0.3) is 0 Å². The normalized spacial score (nSPS) is 12.1. The van der Waals surface area contributed by atoms with Crippen LogP contribution in [0.25, 0.3) is 17.1 Å². The number of benzene rings is 2. The number of thioether (sulfide) groups is 1. The lowest BCUT2D eigenvalue weighted by Crippen LogP contribution is -2.34. The molecule has 0 aliphatic heterocycles. The van der Waals surface area contributed by atoms with Gasteiger partial charge in [0.15, 0.2) is 11.0 Å². The molecule has 32 heavy (non-hydrogen) atoms. The first-order valence-corrected chi connectivity index (χ1v) is 10.2. The van der Waals surface area contributed by atoms with E-state index in [9.17, 15) is 31.1 Å². The van der Waals surface area contributed by atoms with Gasteiger partial charge in [-0.2, -0.15) is 26.3 Å². The third kappa shape index (κ3) is 5.94. The third-order valence-corrected chi connectivity index (χ3v) is 5.26. The van der Waals surface area contributed by atoms with E-state index < -0.39 is 36.1 Å². The largest absolute Gasteiger partial charge is 0.416 e. The van der Waals surface area contributed by atoms with Gasteiger partial charge in [-0.15, -0.1) is 10.2 Å². The van der Waals surface area contributed by atoms with Gasteiger partial charge in [0.2, 0.25) is 5.91 Å². The molecule has 0 radical (unpaired) electrons. The van der Waals surface area contributed by atoms with Gasteiger partial charge in [0.1, 0.15) is 6.54 Å². The van der Waals surface area contributed by atoms with Crippen molar-refractivity contribution in [1.29, 1.82) is 0 Å². The Balaban J connectivity index is 1.99. The van der Waals surface area contributed by atoms with Crippen molar-refractivity contribution in [3.8, 4) is 17.1 Å². The number of alkyl halides is 6. The molecule has 0 saturated carbocycles. The van der Waals surface area contributed by atoms with Gasteiger partial charge in [-0.25, -0.2) is 0 Å². The number of nitrogens with zero attached hydrogens (tertiary/aromatic N) is 3. The fourth-order valence-electron chi connectivity index (χ4n) is 2.61. The second kappa shape index (κ2) is 9.41. The van der Waals surface area contributed by atoms with Crippen LogP contribution in [-0.2, 0) is 11.0 Å². The molecule has 3 rings (SSSR count). The smallest absolute Gasteiger partial charge is 0.346 e. The number of aromatic nitrogens is 3. The van der Waals surface area contributed by atoms with E-state index in [1.807, 2.05) is 0 Å². The van der Waals surface area contributed by atoms with Gasteiger partial charge in [-0.3, -0.25) is 9.36 Å². The van der Waals surface area contributed by atoms with Crippen molar-refractivity contribution in [2.45, 2.75) is 17.5 Å². The summed E-state index contributed by atoms with van der Waals surface area (Å²) in [5.41, 5.74) is -0.516. The van der Waals surface area contributed by atoms with Crippen LogP contribution < -0.4 is 5.32 Å². The Bertz CT molecular complexity index is 1120. The fourth-order valence-corrected chi connectivity index (χ4v) is 3.62. The van der Waals surface area contributed by atoms with Gasteiger partial charge in [0.05, 0.1) is 22.0 Å². The minimum absolute atomic E-state index is 0.00130. The van der Waals surface area contributed by atoms with E-state index in [1.54, 1.807) is 29.6 Å². The summed E-state index contributed by atoms with van der Waals surface area (Å²) in [5.74, 6) is -1.28. The van der Waals surface area contributed by atoms with Gasteiger partial charge in [-0.1, -0.05) is 41.6 Å². The van der Waals surface area contributed by atoms with E-state index in [-0.39, 0.29) is 21.7 Å². The van der Waals surface area contributed by atoms with Crippen molar-refractivity contribution in [1.82, 2.24) is 20.1 Å². The Morgan fingerprint density at radius 2 is 1.75 bits per heavy atom. The topological polar surface area (TPSA) is 59.8 Å². The molecule has 170 valence electrons. The number of carbonyl (C=O) groups excluding carboxylic acids is 1. The van der Waals surface area contributed by atoms with Crippen molar-refractivity contribution in [2.24, 2.45) is 0 Å². The molecule has 1 aromatic heterocycles. The molecular weight excluding hydrogens is 482 g/mol. The van der Waals surface area contributed by atoms with Gasteiger partial charge < -0.3 is 5.32 Å². The lowest BCUT2D eigenvalue weighted by molar-refractivity contribution is -0.137. The first-order valence-electron chi connectivity index (χ1n) is 8.80. The predicted molar refractivity (Wildman–Crippen MR) is 107 cm³/mol. The molecule has 0 aliphatic rings. The first kappa shape index (κ1) is 23.9. The van der Waals surface area contributed by atoms with Crippen LogP contribution in [0, 0.1) is 0 Å². The Hall–Kier alpha value is -2.73. The van der Waals surface area contributed by atoms with E-state index >= 15 is 0 Å². The molecule has 0 aliphatic carbocycles. The molecule has 0 saturated heterocycles. The van der Waals surface area contributed by atoms with Gasteiger partial charge in [-0.05, 0) is 30.3 Å². The van der Waals surface area contributed by atoms with Gasteiger partial charge in [0, 0.05) is 5.56 Å². The lowest BCUT2D eigenvalue weighted by Gasteiger charge is -2.14. The van der Waals surface area contributed by atoms with E-state index in [2.05, 4.69) is 10.2 Å². The zero-order valence-corrected chi connectivity index (χ0v) is 17.4. The summed E-state index contributed by atoms with van der Waals surface area (Å²) in [6.45, 7) is -1.50. The highest BCUT2D eigenvalue weighted by Crippen LogP contribution is 2.35. The van der Waals surface area contributed by atoms with Crippen LogP contribution in [0.4, 0.5) is 26.3 Å². The van der Waals surface area contributed by atoms with E-state index in [1.165, 1.54) is 16.7 Å². The fraction of sp³-hybridized carbons (Fsp3) is 0.211. The van der Waals surface area contributed by atoms with E-state index in [0.717, 1.165) is 23.9 Å². The first-order chi connectivity index (χ1) is 15.0. The van der Waals surface area contributed by atoms with Crippen LogP contribution in [0.3, 0.4) is 0 Å². The molecule has 0 atom stereocenters. The van der Waals surface area contributed by atoms with Crippen LogP contribution in [0.15, 0.2) is 53.7 Å². The average molecular weight is 495 g/mol. The van der Waals surface area contributed by atoms with Crippen molar-refractivity contribution in [2.75, 3.05) is 12.3 Å². The minimum atomic E-state index is -4.61. The molecule has 0 spiro atoms. The maximum absolute atomic E-state index is 13.2. The number of hydrogen-bond acceptors (Lipinski definition) is 4. The third-order valence-electron chi connectivity index (χ3n) is 4.00. The SMILES string of the molecule is O=C(CSc1nnc(-c2ccccc2Cl)n1-c1cccc(C(F)(F)F)c1)NCC(F)(F)F. The van der Waals surface area contributed by atoms with Crippen molar-refractivity contribution in [3.63, 3.8) is 0 Å². The van der Waals surface area contributed by atoms with Crippen LogP contribution in [0.5, 0.6) is 0 Å². The summed E-state index contributed by atoms with van der Waals surface area (Å²) in [5, 5.41) is 9.88. The molecule has 1 N–H and O–H groups in total. The molecule has 0 unspecified atom stereocenters. The number of rotatable bonds is 6.